The lowest BCUT2D eigenvalue weighted by molar-refractivity contribution is 0.0686. The lowest BCUT2D eigenvalue weighted by atomic mass is 9.99. The number of rotatable bonds is 6. The third-order valence-electron chi connectivity index (χ3n) is 1.91. The molecule has 0 atom stereocenters. The molecule has 0 aliphatic carbocycles. The molecule has 0 bridgehead atoms. The van der Waals surface area contributed by atoms with E-state index in [9.17, 15) is 4.79 Å². The standard InChI is InChI=1S/C14H29NO3/c1-13(2,3)10-17-9-7-8-15-12(16)18-11-14(4,5)6/h7-11H2,1-6H3,(H,15,16). The number of ether oxygens (including phenoxy) is 2. The molecule has 4 nitrogen and oxygen atoms in total. The first-order chi connectivity index (χ1) is 8.10. The van der Waals surface area contributed by atoms with E-state index >= 15 is 0 Å². The van der Waals surface area contributed by atoms with Crippen LogP contribution in [-0.2, 0) is 9.47 Å². The maximum Gasteiger partial charge on any atom is 0.407 e. The molecule has 0 rings (SSSR count). The van der Waals surface area contributed by atoms with Gasteiger partial charge in [-0.3, -0.25) is 0 Å². The van der Waals surface area contributed by atoms with Crippen molar-refractivity contribution in [1.82, 2.24) is 5.32 Å². The largest absolute Gasteiger partial charge is 0.449 e. The molecule has 1 amide bonds. The predicted molar refractivity (Wildman–Crippen MR) is 73.7 cm³/mol. The van der Waals surface area contributed by atoms with E-state index in [2.05, 4.69) is 26.1 Å². The van der Waals surface area contributed by atoms with Crippen LogP contribution in [0.1, 0.15) is 48.0 Å². The molecule has 18 heavy (non-hydrogen) atoms. The Labute approximate surface area is 111 Å². The smallest absolute Gasteiger partial charge is 0.407 e. The summed E-state index contributed by atoms with van der Waals surface area (Å²) in [5.41, 5.74) is 0.201. The Morgan fingerprint density at radius 2 is 1.56 bits per heavy atom. The monoisotopic (exact) mass is 259 g/mol. The van der Waals surface area contributed by atoms with E-state index < -0.39 is 0 Å². The van der Waals surface area contributed by atoms with Gasteiger partial charge in [0.15, 0.2) is 0 Å². The van der Waals surface area contributed by atoms with Gasteiger partial charge in [-0.2, -0.15) is 0 Å². The van der Waals surface area contributed by atoms with E-state index in [4.69, 9.17) is 9.47 Å². The second-order valence-corrected chi connectivity index (χ2v) is 7.03. The van der Waals surface area contributed by atoms with Crippen molar-refractivity contribution in [2.75, 3.05) is 26.4 Å². The Morgan fingerprint density at radius 1 is 1.00 bits per heavy atom. The molecule has 108 valence electrons. The summed E-state index contributed by atoms with van der Waals surface area (Å²) in [5, 5.41) is 2.71. The van der Waals surface area contributed by atoms with E-state index in [1.54, 1.807) is 0 Å². The van der Waals surface area contributed by atoms with Crippen molar-refractivity contribution in [3.8, 4) is 0 Å². The number of nitrogens with one attached hydrogen (secondary N) is 1. The molecule has 0 aromatic heterocycles. The highest BCUT2D eigenvalue weighted by molar-refractivity contribution is 5.67. The molecule has 0 aromatic carbocycles. The lowest BCUT2D eigenvalue weighted by Gasteiger charge is -2.18. The minimum Gasteiger partial charge on any atom is -0.449 e. The Hall–Kier alpha value is -0.770. The van der Waals surface area contributed by atoms with Crippen molar-refractivity contribution < 1.29 is 14.3 Å². The minimum atomic E-state index is -0.347. The van der Waals surface area contributed by atoms with Gasteiger partial charge in [-0.15, -0.1) is 0 Å². The van der Waals surface area contributed by atoms with Crippen LogP contribution >= 0.6 is 0 Å². The average molecular weight is 259 g/mol. The first kappa shape index (κ1) is 17.2. The first-order valence-corrected chi connectivity index (χ1v) is 6.58. The molecule has 0 aliphatic rings. The van der Waals surface area contributed by atoms with E-state index in [0.717, 1.165) is 13.0 Å². The Bertz CT molecular complexity index is 238. The zero-order valence-corrected chi connectivity index (χ0v) is 12.8. The van der Waals surface area contributed by atoms with Crippen molar-refractivity contribution in [3.05, 3.63) is 0 Å². The zero-order chi connectivity index (χ0) is 14.2. The molecular weight excluding hydrogens is 230 g/mol. The fourth-order valence-electron chi connectivity index (χ4n) is 1.08. The number of amides is 1. The van der Waals surface area contributed by atoms with Crippen molar-refractivity contribution in [3.63, 3.8) is 0 Å². The van der Waals surface area contributed by atoms with Crippen LogP contribution in [0.3, 0.4) is 0 Å². The van der Waals surface area contributed by atoms with Crippen LogP contribution in [-0.4, -0.2) is 32.5 Å². The van der Waals surface area contributed by atoms with E-state index in [0.29, 0.717) is 19.8 Å². The van der Waals surface area contributed by atoms with Gasteiger partial charge in [-0.25, -0.2) is 4.79 Å². The third-order valence-corrected chi connectivity index (χ3v) is 1.91. The Morgan fingerprint density at radius 3 is 2.06 bits per heavy atom. The number of hydrogen-bond acceptors (Lipinski definition) is 3. The summed E-state index contributed by atoms with van der Waals surface area (Å²) in [6, 6.07) is 0. The molecule has 1 N–H and O–H groups in total. The van der Waals surface area contributed by atoms with Gasteiger partial charge < -0.3 is 14.8 Å². The summed E-state index contributed by atoms with van der Waals surface area (Å²) in [5.74, 6) is 0. The number of hydrogen-bond donors (Lipinski definition) is 1. The predicted octanol–water partition coefficient (Wildman–Crippen LogP) is 3.21. The van der Waals surface area contributed by atoms with Gasteiger partial charge in [-0.05, 0) is 17.3 Å². The highest BCUT2D eigenvalue weighted by Gasteiger charge is 2.13. The number of carbonyl (C=O) groups excluding carboxylic acids is 1. The molecular formula is C14H29NO3. The third kappa shape index (κ3) is 13.3. The van der Waals surface area contributed by atoms with Crippen LogP contribution in [0.2, 0.25) is 0 Å². The second kappa shape index (κ2) is 7.62. The van der Waals surface area contributed by atoms with Gasteiger partial charge in [0.1, 0.15) is 0 Å². The van der Waals surface area contributed by atoms with Crippen LogP contribution in [0, 0.1) is 10.8 Å². The molecule has 0 spiro atoms. The molecule has 4 heteroatoms. The van der Waals surface area contributed by atoms with Gasteiger partial charge in [-0.1, -0.05) is 41.5 Å². The van der Waals surface area contributed by atoms with Crippen molar-refractivity contribution in [1.29, 1.82) is 0 Å². The number of carbonyl (C=O) groups is 1. The molecule has 0 fully saturated rings. The van der Waals surface area contributed by atoms with Gasteiger partial charge in [0, 0.05) is 13.2 Å². The Balaban J connectivity index is 3.42. The molecule has 0 saturated carbocycles. The van der Waals surface area contributed by atoms with Crippen molar-refractivity contribution in [2.45, 2.75) is 48.0 Å². The average Bonchev–Trinajstić information content (AvgIpc) is 2.17. The van der Waals surface area contributed by atoms with Crippen LogP contribution in [0.15, 0.2) is 0 Å². The topological polar surface area (TPSA) is 47.6 Å². The SMILES string of the molecule is CC(C)(C)COCCCNC(=O)OCC(C)(C)C. The Kier molecular flexibility index (Phi) is 7.29. The lowest BCUT2D eigenvalue weighted by Crippen LogP contribution is -2.29. The van der Waals surface area contributed by atoms with E-state index in [1.807, 2.05) is 20.8 Å². The summed E-state index contributed by atoms with van der Waals surface area (Å²) in [6.45, 7) is 14.9. The summed E-state index contributed by atoms with van der Waals surface area (Å²) >= 11 is 0. The molecule has 0 unspecified atom stereocenters. The van der Waals surface area contributed by atoms with Gasteiger partial charge in [0.25, 0.3) is 0 Å². The molecule has 0 heterocycles. The first-order valence-electron chi connectivity index (χ1n) is 6.58. The fourth-order valence-corrected chi connectivity index (χ4v) is 1.08. The zero-order valence-electron chi connectivity index (χ0n) is 12.8. The van der Waals surface area contributed by atoms with Crippen LogP contribution < -0.4 is 5.32 Å². The van der Waals surface area contributed by atoms with Crippen molar-refractivity contribution >= 4 is 6.09 Å². The maximum atomic E-state index is 11.3. The summed E-state index contributed by atoms with van der Waals surface area (Å²) in [4.78, 5) is 11.3. The van der Waals surface area contributed by atoms with Crippen LogP contribution in [0.4, 0.5) is 4.79 Å². The summed E-state index contributed by atoms with van der Waals surface area (Å²) in [7, 11) is 0. The highest BCUT2D eigenvalue weighted by atomic mass is 16.5. The molecule has 0 radical (unpaired) electrons. The van der Waals surface area contributed by atoms with Crippen LogP contribution in [0.5, 0.6) is 0 Å². The quantitative estimate of drug-likeness (QED) is 0.745. The fraction of sp³-hybridized carbons (Fsp3) is 0.929. The summed E-state index contributed by atoms with van der Waals surface area (Å²) < 4.78 is 10.6. The van der Waals surface area contributed by atoms with Gasteiger partial charge in [0.2, 0.25) is 0 Å². The van der Waals surface area contributed by atoms with Gasteiger partial charge >= 0.3 is 6.09 Å². The highest BCUT2D eigenvalue weighted by Crippen LogP contribution is 2.13. The minimum absolute atomic E-state index is 0.00710. The maximum absolute atomic E-state index is 11.3. The van der Waals surface area contributed by atoms with E-state index in [1.165, 1.54) is 0 Å². The molecule has 0 saturated heterocycles. The molecule has 0 aliphatic heterocycles. The van der Waals surface area contributed by atoms with Crippen LogP contribution in [0.25, 0.3) is 0 Å². The van der Waals surface area contributed by atoms with E-state index in [-0.39, 0.29) is 16.9 Å². The number of alkyl carbamates (subject to hydrolysis) is 1. The molecule has 0 aromatic rings. The second-order valence-electron chi connectivity index (χ2n) is 7.03. The van der Waals surface area contributed by atoms with Gasteiger partial charge in [0.05, 0.1) is 13.2 Å². The van der Waals surface area contributed by atoms with Crippen molar-refractivity contribution in [2.24, 2.45) is 10.8 Å². The normalized spacial score (nSPS) is 12.3. The summed E-state index contributed by atoms with van der Waals surface area (Å²) in [6.07, 6.45) is 0.460.